The van der Waals surface area contributed by atoms with Crippen LogP contribution in [0.4, 0.5) is 17.1 Å². The van der Waals surface area contributed by atoms with E-state index < -0.39 is 0 Å². The number of fused-ring (bicyclic) bond motifs is 1. The average Bonchev–Trinajstić information content (AvgIpc) is 3.12. The number of hydrogen-bond donors (Lipinski definition) is 1. The summed E-state index contributed by atoms with van der Waals surface area (Å²) in [4.78, 5) is 14.4. The number of aryl methyl sites for hydroxylation is 1. The minimum absolute atomic E-state index is 0.00961. The van der Waals surface area contributed by atoms with Gasteiger partial charge in [-0.3, -0.25) is 4.79 Å². The second kappa shape index (κ2) is 7.54. The standard InChI is InChI=1S/C23H22N2O2/c1-17-6-12-21(13-7-17)27-16-23(26)24-19-8-10-20(11-9-19)25-15-14-18-4-2-3-5-22(18)25/h2-13H,14-16H2,1H3,(H,24,26). The second-order valence-electron chi connectivity index (χ2n) is 6.73. The Kier molecular flexibility index (Phi) is 4.79. The molecule has 1 aliphatic heterocycles. The van der Waals surface area contributed by atoms with Crippen molar-refractivity contribution in [3.05, 3.63) is 83.9 Å². The molecule has 1 N–H and O–H groups in total. The lowest BCUT2D eigenvalue weighted by molar-refractivity contribution is -0.118. The summed E-state index contributed by atoms with van der Waals surface area (Å²) in [5.74, 6) is 0.522. The Balaban J connectivity index is 1.35. The zero-order valence-corrected chi connectivity index (χ0v) is 15.3. The summed E-state index contributed by atoms with van der Waals surface area (Å²) in [6.07, 6.45) is 1.06. The van der Waals surface area contributed by atoms with Crippen LogP contribution in [0.5, 0.6) is 5.75 Å². The van der Waals surface area contributed by atoms with E-state index in [0.29, 0.717) is 5.75 Å². The maximum Gasteiger partial charge on any atom is 0.262 e. The lowest BCUT2D eigenvalue weighted by atomic mass is 10.2. The first-order valence-corrected chi connectivity index (χ1v) is 9.14. The first kappa shape index (κ1) is 17.2. The lowest BCUT2D eigenvalue weighted by Crippen LogP contribution is -2.20. The maximum absolute atomic E-state index is 12.1. The van der Waals surface area contributed by atoms with Gasteiger partial charge in [0.1, 0.15) is 5.75 Å². The Hall–Kier alpha value is -3.27. The molecule has 0 saturated heterocycles. The predicted molar refractivity (Wildman–Crippen MR) is 109 cm³/mol. The van der Waals surface area contributed by atoms with Crippen LogP contribution in [0.25, 0.3) is 0 Å². The highest BCUT2D eigenvalue weighted by molar-refractivity contribution is 5.92. The number of ether oxygens (including phenoxy) is 1. The fourth-order valence-electron chi connectivity index (χ4n) is 3.31. The van der Waals surface area contributed by atoms with E-state index in [4.69, 9.17) is 4.74 Å². The molecule has 1 heterocycles. The second-order valence-corrected chi connectivity index (χ2v) is 6.73. The molecule has 0 radical (unpaired) electrons. The quantitative estimate of drug-likeness (QED) is 0.718. The van der Waals surface area contributed by atoms with Crippen LogP contribution in [0, 0.1) is 6.92 Å². The van der Waals surface area contributed by atoms with E-state index in [1.807, 2.05) is 55.5 Å². The molecule has 0 saturated carbocycles. The van der Waals surface area contributed by atoms with Gasteiger partial charge in [-0.15, -0.1) is 0 Å². The number of hydrogen-bond acceptors (Lipinski definition) is 3. The van der Waals surface area contributed by atoms with Crippen molar-refractivity contribution in [3.63, 3.8) is 0 Å². The molecule has 0 fully saturated rings. The monoisotopic (exact) mass is 358 g/mol. The molecule has 0 unspecified atom stereocenters. The van der Waals surface area contributed by atoms with E-state index in [1.54, 1.807) is 0 Å². The minimum atomic E-state index is -0.171. The van der Waals surface area contributed by atoms with E-state index in [0.717, 1.165) is 29.9 Å². The molecule has 4 nitrogen and oxygen atoms in total. The molecule has 1 amide bonds. The van der Waals surface area contributed by atoms with Crippen LogP contribution in [0.15, 0.2) is 72.8 Å². The van der Waals surface area contributed by atoms with Crippen molar-refractivity contribution in [2.24, 2.45) is 0 Å². The van der Waals surface area contributed by atoms with Crippen LogP contribution >= 0.6 is 0 Å². The normalized spacial score (nSPS) is 12.6. The van der Waals surface area contributed by atoms with E-state index in [9.17, 15) is 4.79 Å². The Morgan fingerprint density at radius 2 is 1.74 bits per heavy atom. The molecular weight excluding hydrogens is 336 g/mol. The van der Waals surface area contributed by atoms with Gasteiger partial charge in [-0.05, 0) is 61.4 Å². The summed E-state index contributed by atoms with van der Waals surface area (Å²) in [6, 6.07) is 24.1. The van der Waals surface area contributed by atoms with E-state index >= 15 is 0 Å². The van der Waals surface area contributed by atoms with Crippen LogP contribution in [-0.2, 0) is 11.2 Å². The van der Waals surface area contributed by atoms with Crippen molar-refractivity contribution >= 4 is 23.0 Å². The molecule has 3 aromatic carbocycles. The molecule has 136 valence electrons. The molecule has 0 atom stereocenters. The zero-order valence-electron chi connectivity index (χ0n) is 15.3. The van der Waals surface area contributed by atoms with Crippen molar-refractivity contribution in [1.29, 1.82) is 0 Å². The van der Waals surface area contributed by atoms with Crippen molar-refractivity contribution in [2.45, 2.75) is 13.3 Å². The fraction of sp³-hybridized carbons (Fsp3) is 0.174. The summed E-state index contributed by atoms with van der Waals surface area (Å²) in [5.41, 5.74) is 5.70. The van der Waals surface area contributed by atoms with Gasteiger partial charge in [0.15, 0.2) is 6.61 Å². The largest absolute Gasteiger partial charge is 0.484 e. The van der Waals surface area contributed by atoms with Crippen molar-refractivity contribution < 1.29 is 9.53 Å². The molecular formula is C23H22N2O2. The number of nitrogens with one attached hydrogen (secondary N) is 1. The van der Waals surface area contributed by atoms with Gasteiger partial charge in [-0.2, -0.15) is 0 Å². The predicted octanol–water partition coefficient (Wildman–Crippen LogP) is 4.71. The van der Waals surface area contributed by atoms with Crippen LogP contribution < -0.4 is 15.0 Å². The van der Waals surface area contributed by atoms with Gasteiger partial charge in [0.25, 0.3) is 5.91 Å². The third kappa shape index (κ3) is 3.95. The van der Waals surface area contributed by atoms with Crippen LogP contribution in [0.2, 0.25) is 0 Å². The molecule has 4 rings (SSSR count). The number of carbonyl (C=O) groups excluding carboxylic acids is 1. The summed E-state index contributed by atoms with van der Waals surface area (Å²) < 4.78 is 5.52. The van der Waals surface area contributed by atoms with E-state index in [2.05, 4.69) is 34.5 Å². The molecule has 1 aliphatic rings. The van der Waals surface area contributed by atoms with Gasteiger partial charge in [0, 0.05) is 23.6 Å². The van der Waals surface area contributed by atoms with Gasteiger partial charge in [-0.25, -0.2) is 0 Å². The number of rotatable bonds is 5. The van der Waals surface area contributed by atoms with Crippen molar-refractivity contribution in [2.75, 3.05) is 23.4 Å². The van der Waals surface area contributed by atoms with Crippen molar-refractivity contribution in [3.8, 4) is 5.75 Å². The topological polar surface area (TPSA) is 41.6 Å². The molecule has 0 aromatic heterocycles. The maximum atomic E-state index is 12.1. The molecule has 0 aliphatic carbocycles. The number of amides is 1. The molecule has 0 bridgehead atoms. The van der Waals surface area contributed by atoms with Crippen molar-refractivity contribution in [1.82, 2.24) is 0 Å². The first-order chi connectivity index (χ1) is 13.2. The zero-order chi connectivity index (χ0) is 18.6. The molecule has 0 spiro atoms. The number of nitrogens with zero attached hydrogens (tertiary/aromatic N) is 1. The lowest BCUT2D eigenvalue weighted by Gasteiger charge is -2.20. The van der Waals surface area contributed by atoms with Gasteiger partial charge in [0.05, 0.1) is 0 Å². The van der Waals surface area contributed by atoms with Gasteiger partial charge in [0.2, 0.25) is 0 Å². The van der Waals surface area contributed by atoms with Crippen LogP contribution in [0.3, 0.4) is 0 Å². The minimum Gasteiger partial charge on any atom is -0.484 e. The Labute approximate surface area is 159 Å². The number of carbonyl (C=O) groups is 1. The van der Waals surface area contributed by atoms with E-state index in [-0.39, 0.29) is 12.5 Å². The number of anilines is 3. The third-order valence-electron chi connectivity index (χ3n) is 4.74. The summed E-state index contributed by atoms with van der Waals surface area (Å²) in [5, 5.41) is 2.88. The summed E-state index contributed by atoms with van der Waals surface area (Å²) >= 11 is 0. The highest BCUT2D eigenvalue weighted by atomic mass is 16.5. The number of benzene rings is 3. The van der Waals surface area contributed by atoms with Gasteiger partial charge >= 0.3 is 0 Å². The Bertz CT molecular complexity index is 933. The average molecular weight is 358 g/mol. The molecule has 3 aromatic rings. The highest BCUT2D eigenvalue weighted by Gasteiger charge is 2.19. The Morgan fingerprint density at radius 3 is 2.52 bits per heavy atom. The SMILES string of the molecule is Cc1ccc(OCC(=O)Nc2ccc(N3CCc4ccccc43)cc2)cc1. The van der Waals surface area contributed by atoms with Gasteiger partial charge < -0.3 is 15.0 Å². The summed E-state index contributed by atoms with van der Waals surface area (Å²) in [7, 11) is 0. The number of para-hydroxylation sites is 1. The fourth-order valence-corrected chi connectivity index (χ4v) is 3.31. The Morgan fingerprint density at radius 1 is 1.00 bits per heavy atom. The highest BCUT2D eigenvalue weighted by Crippen LogP contribution is 2.34. The first-order valence-electron chi connectivity index (χ1n) is 9.14. The molecule has 4 heteroatoms. The summed E-state index contributed by atoms with van der Waals surface area (Å²) in [6.45, 7) is 2.99. The smallest absolute Gasteiger partial charge is 0.262 e. The van der Waals surface area contributed by atoms with Gasteiger partial charge in [-0.1, -0.05) is 35.9 Å². The van der Waals surface area contributed by atoms with Crippen LogP contribution in [0.1, 0.15) is 11.1 Å². The molecule has 27 heavy (non-hydrogen) atoms. The van der Waals surface area contributed by atoms with Crippen LogP contribution in [-0.4, -0.2) is 19.1 Å². The van der Waals surface area contributed by atoms with E-state index in [1.165, 1.54) is 11.3 Å². The third-order valence-corrected chi connectivity index (χ3v) is 4.74.